The van der Waals surface area contributed by atoms with Crippen molar-refractivity contribution in [2.75, 3.05) is 33.8 Å². The summed E-state index contributed by atoms with van der Waals surface area (Å²) in [5.41, 5.74) is 2.21. The number of piperidine rings is 1. The van der Waals surface area contributed by atoms with Gasteiger partial charge < -0.3 is 19.9 Å². The number of urea groups is 1. The summed E-state index contributed by atoms with van der Waals surface area (Å²) in [6, 6.07) is 15.7. The van der Waals surface area contributed by atoms with E-state index in [1.165, 1.54) is 30.9 Å². The van der Waals surface area contributed by atoms with E-state index in [4.69, 9.17) is 4.74 Å². The van der Waals surface area contributed by atoms with Crippen LogP contribution in [0.2, 0.25) is 0 Å². The summed E-state index contributed by atoms with van der Waals surface area (Å²) < 4.78 is 19.4. The Labute approximate surface area is 209 Å². The van der Waals surface area contributed by atoms with Crippen molar-refractivity contribution in [1.82, 2.24) is 15.1 Å². The number of amides is 2. The molecule has 6 heteroatoms. The number of halogens is 1. The molecule has 2 aliphatic rings. The number of carbonyl (C=O) groups is 1. The van der Waals surface area contributed by atoms with Gasteiger partial charge in [-0.1, -0.05) is 49.6 Å². The lowest BCUT2D eigenvalue weighted by molar-refractivity contribution is 0.138. The normalized spacial score (nSPS) is 18.7. The van der Waals surface area contributed by atoms with Crippen LogP contribution in [0.15, 0.2) is 48.5 Å². The van der Waals surface area contributed by atoms with Crippen molar-refractivity contribution < 1.29 is 13.9 Å². The predicted molar refractivity (Wildman–Crippen MR) is 138 cm³/mol. The summed E-state index contributed by atoms with van der Waals surface area (Å²) in [7, 11) is 3.59. The Balaban J connectivity index is 1.39. The molecule has 0 aromatic heterocycles. The molecule has 1 saturated heterocycles. The minimum absolute atomic E-state index is 0.0391. The number of ether oxygens (including phenoxy) is 1. The fourth-order valence-electron chi connectivity index (χ4n) is 5.65. The number of carbonyl (C=O) groups excluding carboxylic acids is 1. The second-order valence-electron chi connectivity index (χ2n) is 10.2. The van der Waals surface area contributed by atoms with Gasteiger partial charge in [-0.3, -0.25) is 0 Å². The fourth-order valence-corrected chi connectivity index (χ4v) is 5.65. The minimum atomic E-state index is -0.211. The van der Waals surface area contributed by atoms with Crippen LogP contribution in [0.3, 0.4) is 0 Å². The van der Waals surface area contributed by atoms with E-state index in [2.05, 4.69) is 34.5 Å². The van der Waals surface area contributed by atoms with Crippen LogP contribution in [0.5, 0.6) is 5.75 Å². The number of hydrogen-bond acceptors (Lipinski definition) is 3. The van der Waals surface area contributed by atoms with Gasteiger partial charge in [0.05, 0.1) is 7.11 Å². The van der Waals surface area contributed by atoms with E-state index in [-0.39, 0.29) is 23.8 Å². The third kappa shape index (κ3) is 6.97. The number of likely N-dealkylation sites (N-methyl/N-ethyl adjacent to an activating group) is 1. The number of nitrogens with one attached hydrogen (secondary N) is 1. The Bertz CT molecular complexity index is 940. The van der Waals surface area contributed by atoms with Gasteiger partial charge in [0.25, 0.3) is 0 Å². The van der Waals surface area contributed by atoms with Gasteiger partial charge in [-0.15, -0.1) is 0 Å². The van der Waals surface area contributed by atoms with Gasteiger partial charge in [0.2, 0.25) is 0 Å². The molecule has 1 saturated carbocycles. The van der Waals surface area contributed by atoms with E-state index < -0.39 is 0 Å². The van der Waals surface area contributed by atoms with Crippen LogP contribution in [-0.4, -0.2) is 61.7 Å². The number of likely N-dealkylation sites (tertiary alicyclic amines) is 1. The van der Waals surface area contributed by atoms with E-state index in [1.807, 2.05) is 18.0 Å². The molecule has 0 unspecified atom stereocenters. The topological polar surface area (TPSA) is 44.8 Å². The largest absolute Gasteiger partial charge is 0.496 e. The summed E-state index contributed by atoms with van der Waals surface area (Å²) in [5, 5.41) is 3.29. The quantitative estimate of drug-likeness (QED) is 0.534. The molecule has 0 bridgehead atoms. The fraction of sp³-hybridized carbons (Fsp3) is 0.552. The second-order valence-corrected chi connectivity index (χ2v) is 10.2. The molecular weight excluding hydrogens is 441 g/mol. The SMILES string of the molecule is COc1ccc(F)cc1C1CCN(C[C@@H](Cc2ccccc2)N(C)C(=O)NC2CCCCC2)CC1. The predicted octanol–water partition coefficient (Wildman–Crippen LogP) is 5.60. The van der Waals surface area contributed by atoms with Crippen molar-refractivity contribution in [2.24, 2.45) is 0 Å². The highest BCUT2D eigenvalue weighted by Crippen LogP contribution is 2.35. The average Bonchev–Trinajstić information content (AvgIpc) is 2.89. The van der Waals surface area contributed by atoms with Crippen molar-refractivity contribution in [2.45, 2.75) is 69.4 Å². The van der Waals surface area contributed by atoms with Crippen LogP contribution < -0.4 is 10.1 Å². The van der Waals surface area contributed by atoms with E-state index >= 15 is 0 Å². The standard InChI is InChI=1S/C29H40FN3O2/c1-32(29(34)31-25-11-7-4-8-12-25)26(19-22-9-5-3-6-10-22)21-33-17-15-23(16-18-33)27-20-24(30)13-14-28(27)35-2/h3,5-6,9-10,13-14,20,23,25-26H,4,7-8,11-12,15-19,21H2,1-2H3,(H,31,34)/t26-/m1/s1. The first-order valence-corrected chi connectivity index (χ1v) is 13.2. The molecule has 2 aromatic rings. The molecule has 190 valence electrons. The van der Waals surface area contributed by atoms with Crippen molar-refractivity contribution in [3.63, 3.8) is 0 Å². The van der Waals surface area contributed by atoms with Crippen molar-refractivity contribution in [3.05, 3.63) is 65.5 Å². The maximum Gasteiger partial charge on any atom is 0.317 e. The first kappa shape index (κ1) is 25.5. The van der Waals surface area contributed by atoms with Gasteiger partial charge in [0.15, 0.2) is 0 Å². The van der Waals surface area contributed by atoms with E-state index in [0.717, 1.165) is 63.1 Å². The van der Waals surface area contributed by atoms with Crippen LogP contribution in [0, 0.1) is 5.82 Å². The number of rotatable bonds is 8. The van der Waals surface area contributed by atoms with Gasteiger partial charge in [-0.25, -0.2) is 9.18 Å². The third-order valence-corrected chi connectivity index (χ3v) is 7.80. The Morgan fingerprint density at radius 3 is 2.49 bits per heavy atom. The molecule has 0 spiro atoms. The van der Waals surface area contributed by atoms with E-state index in [0.29, 0.717) is 6.04 Å². The highest BCUT2D eigenvalue weighted by atomic mass is 19.1. The molecule has 5 nitrogen and oxygen atoms in total. The molecule has 2 fully saturated rings. The first-order valence-electron chi connectivity index (χ1n) is 13.2. The number of nitrogens with zero attached hydrogens (tertiary/aromatic N) is 2. The Kier molecular flexibility index (Phi) is 9.02. The van der Waals surface area contributed by atoms with Crippen LogP contribution in [0.4, 0.5) is 9.18 Å². The summed E-state index contributed by atoms with van der Waals surface area (Å²) >= 11 is 0. The molecule has 1 heterocycles. The lowest BCUT2D eigenvalue weighted by Gasteiger charge is -2.38. The molecule has 1 aliphatic carbocycles. The zero-order valence-electron chi connectivity index (χ0n) is 21.2. The van der Waals surface area contributed by atoms with Gasteiger partial charge in [0.1, 0.15) is 11.6 Å². The molecule has 0 radical (unpaired) electrons. The molecule has 1 aliphatic heterocycles. The molecule has 4 rings (SSSR count). The molecule has 35 heavy (non-hydrogen) atoms. The minimum Gasteiger partial charge on any atom is -0.496 e. The average molecular weight is 482 g/mol. The van der Waals surface area contributed by atoms with Crippen molar-refractivity contribution in [1.29, 1.82) is 0 Å². The van der Waals surface area contributed by atoms with Gasteiger partial charge in [-0.05, 0) is 74.9 Å². The van der Waals surface area contributed by atoms with E-state index in [9.17, 15) is 9.18 Å². The molecule has 2 amide bonds. The summed E-state index contributed by atoms with van der Waals surface area (Å²) in [6.45, 7) is 2.68. The molecule has 1 atom stereocenters. The maximum atomic E-state index is 13.9. The lowest BCUT2D eigenvalue weighted by atomic mass is 9.88. The van der Waals surface area contributed by atoms with Crippen LogP contribution in [0.25, 0.3) is 0 Å². The second kappa shape index (κ2) is 12.4. The van der Waals surface area contributed by atoms with Crippen molar-refractivity contribution >= 4 is 6.03 Å². The van der Waals surface area contributed by atoms with Crippen molar-refractivity contribution in [3.8, 4) is 5.75 Å². The van der Waals surface area contributed by atoms with E-state index in [1.54, 1.807) is 19.2 Å². The maximum absolute atomic E-state index is 13.9. The van der Waals surface area contributed by atoms with Gasteiger partial charge >= 0.3 is 6.03 Å². The monoisotopic (exact) mass is 481 g/mol. The smallest absolute Gasteiger partial charge is 0.317 e. The van der Waals surface area contributed by atoms with Gasteiger partial charge in [-0.2, -0.15) is 0 Å². The van der Waals surface area contributed by atoms with Crippen LogP contribution in [-0.2, 0) is 6.42 Å². The Morgan fingerprint density at radius 2 is 1.80 bits per heavy atom. The molecule has 2 aromatic carbocycles. The highest BCUT2D eigenvalue weighted by Gasteiger charge is 2.29. The van der Waals surface area contributed by atoms with Crippen LogP contribution >= 0.6 is 0 Å². The van der Waals surface area contributed by atoms with Gasteiger partial charge in [0, 0.05) is 31.2 Å². The number of benzene rings is 2. The first-order chi connectivity index (χ1) is 17.0. The third-order valence-electron chi connectivity index (χ3n) is 7.80. The number of methoxy groups -OCH3 is 1. The summed E-state index contributed by atoms with van der Waals surface area (Å²) in [5.74, 6) is 0.847. The Morgan fingerprint density at radius 1 is 1.09 bits per heavy atom. The summed E-state index contributed by atoms with van der Waals surface area (Å²) in [4.78, 5) is 17.5. The van der Waals surface area contributed by atoms with Crippen LogP contribution in [0.1, 0.15) is 62.0 Å². The molecule has 1 N–H and O–H groups in total. The molecular formula is C29H40FN3O2. The zero-order valence-corrected chi connectivity index (χ0v) is 21.2. The lowest BCUT2D eigenvalue weighted by Crippen LogP contribution is -2.52. The Hall–Kier alpha value is -2.60. The summed E-state index contributed by atoms with van der Waals surface area (Å²) in [6.07, 6.45) is 8.58. The zero-order chi connectivity index (χ0) is 24.6. The highest BCUT2D eigenvalue weighted by molar-refractivity contribution is 5.74. The number of hydrogen-bond donors (Lipinski definition) is 1.